The fourth-order valence-corrected chi connectivity index (χ4v) is 10.3. The van der Waals surface area contributed by atoms with E-state index in [9.17, 15) is 9.90 Å². The molecule has 3 aliphatic heterocycles. The van der Waals surface area contributed by atoms with Gasteiger partial charge in [0.15, 0.2) is 12.4 Å². The van der Waals surface area contributed by atoms with Crippen molar-refractivity contribution >= 4 is 14.5 Å². The molecule has 0 saturated carbocycles. The number of hydrogen-bond donors (Lipinski definition) is 1. The van der Waals surface area contributed by atoms with Crippen LogP contribution in [0, 0.1) is 0 Å². The van der Waals surface area contributed by atoms with Crippen molar-refractivity contribution in [1.29, 1.82) is 0 Å². The molecule has 174 valence electrons. The SMILES string of the molecule is COC1O[C@@]2(C)[C@H](C[C@@H]1OC(C)=O)O[C@@H]1CO[Si](C(C)(C)C)(C(C)(C)C)O[C@H]1[C@H]2O. The molecule has 3 heterocycles. The molecule has 0 aromatic rings. The summed E-state index contributed by atoms with van der Waals surface area (Å²) in [5.41, 5.74) is -1.06. The first kappa shape index (κ1) is 24.1. The second-order valence-corrected chi connectivity index (χ2v) is 15.7. The molecule has 7 atom stereocenters. The first-order valence-corrected chi connectivity index (χ1v) is 12.5. The zero-order chi connectivity index (χ0) is 22.7. The van der Waals surface area contributed by atoms with E-state index < -0.39 is 56.9 Å². The lowest BCUT2D eigenvalue weighted by Gasteiger charge is -2.61. The molecule has 0 bridgehead atoms. The molecule has 3 aliphatic rings. The summed E-state index contributed by atoms with van der Waals surface area (Å²) < 4.78 is 36.5. The minimum absolute atomic E-state index is 0.212. The largest absolute Gasteiger partial charge is 0.457 e. The minimum atomic E-state index is -2.78. The maximum absolute atomic E-state index is 11.5. The van der Waals surface area contributed by atoms with E-state index in [1.165, 1.54) is 14.0 Å². The number of ether oxygens (including phenoxy) is 4. The molecule has 0 radical (unpaired) electrons. The van der Waals surface area contributed by atoms with Gasteiger partial charge in [0, 0.05) is 30.5 Å². The number of carbonyl (C=O) groups excluding carboxylic acids is 1. The summed E-state index contributed by atoms with van der Waals surface area (Å²) in [5.74, 6) is -0.418. The molecule has 3 saturated heterocycles. The summed E-state index contributed by atoms with van der Waals surface area (Å²) in [6.45, 7) is 16.3. The lowest BCUT2D eigenvalue weighted by atomic mass is 9.79. The van der Waals surface area contributed by atoms with E-state index in [2.05, 4.69) is 41.5 Å². The molecule has 0 spiro atoms. The predicted octanol–water partition coefficient (Wildman–Crippen LogP) is 2.66. The molecule has 3 rings (SSSR count). The van der Waals surface area contributed by atoms with Gasteiger partial charge in [0.25, 0.3) is 0 Å². The molecule has 9 heteroatoms. The molecular weight excluding hydrogens is 408 g/mol. The number of hydrogen-bond acceptors (Lipinski definition) is 8. The predicted molar refractivity (Wildman–Crippen MR) is 111 cm³/mol. The van der Waals surface area contributed by atoms with Gasteiger partial charge in [-0.25, -0.2) is 0 Å². The van der Waals surface area contributed by atoms with Crippen LogP contribution in [0.3, 0.4) is 0 Å². The molecule has 0 amide bonds. The highest BCUT2D eigenvalue weighted by Crippen LogP contribution is 2.56. The molecular formula is C21H38O8Si. The first-order valence-electron chi connectivity index (χ1n) is 10.7. The molecule has 1 unspecified atom stereocenters. The third-order valence-electron chi connectivity index (χ3n) is 6.64. The highest BCUT2D eigenvalue weighted by molar-refractivity contribution is 6.73. The van der Waals surface area contributed by atoms with Crippen molar-refractivity contribution in [2.24, 2.45) is 0 Å². The maximum Gasteiger partial charge on any atom is 0.349 e. The smallest absolute Gasteiger partial charge is 0.349 e. The summed E-state index contributed by atoms with van der Waals surface area (Å²) in [5, 5.41) is 11.1. The van der Waals surface area contributed by atoms with Gasteiger partial charge >= 0.3 is 14.5 Å². The van der Waals surface area contributed by atoms with E-state index in [-0.39, 0.29) is 10.1 Å². The van der Waals surface area contributed by atoms with Crippen molar-refractivity contribution < 1.29 is 37.7 Å². The summed E-state index contributed by atoms with van der Waals surface area (Å²) in [6, 6.07) is 0. The number of methoxy groups -OCH3 is 1. The van der Waals surface area contributed by atoms with Gasteiger partial charge in [-0.15, -0.1) is 0 Å². The van der Waals surface area contributed by atoms with Gasteiger partial charge in [0.2, 0.25) is 0 Å². The molecule has 0 aromatic heterocycles. The molecule has 0 aliphatic carbocycles. The second kappa shape index (κ2) is 7.79. The van der Waals surface area contributed by atoms with Crippen molar-refractivity contribution in [3.05, 3.63) is 0 Å². The van der Waals surface area contributed by atoms with Crippen molar-refractivity contribution in [2.45, 2.75) is 114 Å². The Labute approximate surface area is 180 Å². The van der Waals surface area contributed by atoms with Crippen LogP contribution in [0.1, 0.15) is 61.8 Å². The number of aliphatic hydroxyl groups is 1. The number of aliphatic hydroxyl groups excluding tert-OH is 1. The van der Waals surface area contributed by atoms with Crippen LogP contribution in [0.5, 0.6) is 0 Å². The lowest BCUT2D eigenvalue weighted by Crippen LogP contribution is -2.76. The Balaban J connectivity index is 1.91. The summed E-state index contributed by atoms with van der Waals surface area (Å²) in [6.07, 6.45) is -3.49. The zero-order valence-electron chi connectivity index (χ0n) is 19.7. The fourth-order valence-electron chi connectivity index (χ4n) is 5.35. The van der Waals surface area contributed by atoms with Crippen LogP contribution >= 0.6 is 0 Å². The van der Waals surface area contributed by atoms with E-state index >= 15 is 0 Å². The zero-order valence-corrected chi connectivity index (χ0v) is 20.7. The van der Waals surface area contributed by atoms with Crippen molar-refractivity contribution in [3.8, 4) is 0 Å². The average Bonchev–Trinajstić information content (AvgIpc) is 2.60. The Morgan fingerprint density at radius 3 is 2.27 bits per heavy atom. The summed E-state index contributed by atoms with van der Waals surface area (Å²) >= 11 is 0. The first-order chi connectivity index (χ1) is 13.7. The quantitative estimate of drug-likeness (QED) is 0.511. The fraction of sp³-hybridized carbons (Fsp3) is 0.952. The molecule has 1 N–H and O–H groups in total. The monoisotopic (exact) mass is 446 g/mol. The van der Waals surface area contributed by atoms with E-state index in [1.807, 2.05) is 6.92 Å². The maximum atomic E-state index is 11.5. The Hall–Kier alpha value is -0.553. The van der Waals surface area contributed by atoms with Crippen LogP contribution in [-0.4, -0.2) is 75.8 Å². The Bertz CT molecular complexity index is 642. The van der Waals surface area contributed by atoms with Crippen LogP contribution in [0.25, 0.3) is 0 Å². The van der Waals surface area contributed by atoms with E-state index in [0.29, 0.717) is 13.0 Å². The van der Waals surface area contributed by atoms with Crippen LogP contribution in [0.15, 0.2) is 0 Å². The summed E-state index contributed by atoms with van der Waals surface area (Å²) in [4.78, 5) is 11.5. The van der Waals surface area contributed by atoms with Gasteiger partial charge < -0.3 is 32.9 Å². The van der Waals surface area contributed by atoms with Gasteiger partial charge in [0.05, 0.1) is 12.7 Å². The number of fused-ring (bicyclic) bond motifs is 2. The van der Waals surface area contributed by atoms with Gasteiger partial charge in [-0.05, 0) is 6.92 Å². The topological polar surface area (TPSA) is 92.7 Å². The lowest BCUT2D eigenvalue weighted by molar-refractivity contribution is -0.364. The Morgan fingerprint density at radius 2 is 1.77 bits per heavy atom. The van der Waals surface area contributed by atoms with Gasteiger partial charge in [-0.1, -0.05) is 41.5 Å². The normalized spacial score (nSPS) is 41.5. The third kappa shape index (κ3) is 3.76. The highest BCUT2D eigenvalue weighted by Gasteiger charge is 2.67. The van der Waals surface area contributed by atoms with Gasteiger partial charge in [-0.2, -0.15) is 0 Å². The molecule has 0 aromatic carbocycles. The van der Waals surface area contributed by atoms with Gasteiger partial charge in [-0.3, -0.25) is 4.79 Å². The number of esters is 1. The van der Waals surface area contributed by atoms with Crippen molar-refractivity contribution in [3.63, 3.8) is 0 Å². The van der Waals surface area contributed by atoms with E-state index in [1.54, 1.807) is 0 Å². The average molecular weight is 447 g/mol. The van der Waals surface area contributed by atoms with Crippen molar-refractivity contribution in [2.75, 3.05) is 13.7 Å². The molecule has 3 fully saturated rings. The molecule has 8 nitrogen and oxygen atoms in total. The minimum Gasteiger partial charge on any atom is -0.457 e. The highest BCUT2D eigenvalue weighted by atomic mass is 28.4. The molecule has 30 heavy (non-hydrogen) atoms. The van der Waals surface area contributed by atoms with Crippen LogP contribution in [-0.2, 0) is 32.6 Å². The van der Waals surface area contributed by atoms with E-state index in [4.69, 9.17) is 27.8 Å². The van der Waals surface area contributed by atoms with Crippen LogP contribution < -0.4 is 0 Å². The van der Waals surface area contributed by atoms with Gasteiger partial charge in [0.1, 0.15) is 23.9 Å². The second-order valence-electron chi connectivity index (χ2n) is 10.9. The summed E-state index contributed by atoms with van der Waals surface area (Å²) in [7, 11) is -1.29. The number of rotatable bonds is 2. The standard InChI is InChI=1S/C21H38O8Si/c1-12(22)26-13-10-15-21(8,28-18(13)24-9)17(23)16-14(27-15)11-25-30(29-16,19(2,3)4)20(5,6)7/h13-18,23H,10-11H2,1-9H3/t13-,14+,15-,16+,17+,18?,21-/m0/s1. The van der Waals surface area contributed by atoms with Crippen molar-refractivity contribution in [1.82, 2.24) is 0 Å². The van der Waals surface area contributed by atoms with Crippen LogP contribution in [0.2, 0.25) is 10.1 Å². The number of carbonyl (C=O) groups is 1. The van der Waals surface area contributed by atoms with E-state index in [0.717, 1.165) is 0 Å². The Kier molecular flexibility index (Phi) is 6.26. The van der Waals surface area contributed by atoms with Crippen LogP contribution in [0.4, 0.5) is 0 Å². The Morgan fingerprint density at radius 1 is 1.17 bits per heavy atom. The third-order valence-corrected chi connectivity index (χ3v) is 11.8.